The normalized spacial score (nSPS) is 12.6. The van der Waals surface area contributed by atoms with E-state index in [9.17, 15) is 0 Å². The molecule has 24 heavy (non-hydrogen) atoms. The molecule has 0 spiro atoms. The average Bonchev–Trinajstić information content (AvgIpc) is 2.66. The molecule has 0 unspecified atom stereocenters. The van der Waals surface area contributed by atoms with Crippen LogP contribution in [0.2, 0.25) is 0 Å². The summed E-state index contributed by atoms with van der Waals surface area (Å²) in [5, 5.41) is 0. The summed E-state index contributed by atoms with van der Waals surface area (Å²) in [4.78, 5) is 2.33. The fraction of sp³-hybridized carbons (Fsp3) is 0.0476. The van der Waals surface area contributed by atoms with Gasteiger partial charge in [0.2, 0.25) is 0 Å². The van der Waals surface area contributed by atoms with E-state index in [0.29, 0.717) is 0 Å². The van der Waals surface area contributed by atoms with E-state index in [4.69, 9.17) is 12.6 Å². The minimum absolute atomic E-state index is 1.04. The molecule has 1 nitrogen and oxygen atoms in total. The highest BCUT2D eigenvalue weighted by molar-refractivity contribution is 8.15. The Balaban J connectivity index is 2.06. The standard InChI is InChI=1S/C21H17NS2/c1-24-21(23)20-16-11-5-7-13-18(16)22(15-9-3-2-4-10-15)19-14-8-6-12-17(19)20/h2-14,23H,1H3. The van der Waals surface area contributed by atoms with E-state index in [2.05, 4.69) is 90.0 Å². The van der Waals surface area contributed by atoms with Crippen molar-refractivity contribution in [2.45, 2.75) is 0 Å². The Labute approximate surface area is 152 Å². The predicted molar refractivity (Wildman–Crippen MR) is 110 cm³/mol. The number of thiol groups is 1. The lowest BCUT2D eigenvalue weighted by Crippen LogP contribution is -2.18. The molecule has 0 saturated heterocycles. The van der Waals surface area contributed by atoms with Gasteiger partial charge in [-0.2, -0.15) is 0 Å². The molecule has 0 atom stereocenters. The minimum atomic E-state index is 1.04. The monoisotopic (exact) mass is 347 g/mol. The van der Waals surface area contributed by atoms with Crippen LogP contribution in [0.4, 0.5) is 17.1 Å². The number of anilines is 3. The smallest absolute Gasteiger partial charge is 0.0541 e. The second-order valence-electron chi connectivity index (χ2n) is 5.59. The van der Waals surface area contributed by atoms with E-state index < -0.39 is 0 Å². The van der Waals surface area contributed by atoms with Crippen molar-refractivity contribution in [1.29, 1.82) is 0 Å². The molecule has 0 amide bonds. The molecule has 1 heterocycles. The van der Waals surface area contributed by atoms with Crippen LogP contribution >= 0.6 is 24.4 Å². The number of nitrogens with zero attached hydrogens (tertiary/aromatic N) is 1. The van der Waals surface area contributed by atoms with Crippen LogP contribution in [0.3, 0.4) is 0 Å². The SMILES string of the molecule is CSC(S)=C1c2ccccc2N(c2ccccc2)c2ccccc21. The van der Waals surface area contributed by atoms with Crippen LogP contribution in [0.15, 0.2) is 83.1 Å². The molecule has 0 bridgehead atoms. The van der Waals surface area contributed by atoms with Gasteiger partial charge in [-0.25, -0.2) is 0 Å². The molecule has 0 saturated carbocycles. The fourth-order valence-corrected chi connectivity index (χ4v) is 3.89. The van der Waals surface area contributed by atoms with E-state index >= 15 is 0 Å². The summed E-state index contributed by atoms with van der Waals surface area (Å²) in [6.45, 7) is 0. The van der Waals surface area contributed by atoms with E-state index in [1.165, 1.54) is 33.8 Å². The van der Waals surface area contributed by atoms with Crippen LogP contribution in [-0.2, 0) is 0 Å². The molecule has 0 aliphatic carbocycles. The lowest BCUT2D eigenvalue weighted by Gasteiger charge is -2.35. The van der Waals surface area contributed by atoms with Gasteiger partial charge >= 0.3 is 0 Å². The summed E-state index contributed by atoms with van der Waals surface area (Å²) in [6.07, 6.45) is 2.07. The van der Waals surface area contributed by atoms with Crippen molar-refractivity contribution in [3.63, 3.8) is 0 Å². The molecular formula is C21H17NS2. The summed E-state index contributed by atoms with van der Waals surface area (Å²) in [5.74, 6) is 0. The van der Waals surface area contributed by atoms with Gasteiger partial charge in [-0.15, -0.1) is 24.4 Å². The fourth-order valence-electron chi connectivity index (χ4n) is 3.22. The summed E-state index contributed by atoms with van der Waals surface area (Å²) in [5.41, 5.74) is 7.21. The van der Waals surface area contributed by atoms with Gasteiger partial charge < -0.3 is 4.90 Å². The third-order valence-corrected chi connectivity index (χ3v) is 5.61. The number of para-hydroxylation sites is 3. The van der Waals surface area contributed by atoms with Crippen molar-refractivity contribution < 1.29 is 0 Å². The number of benzene rings is 3. The zero-order valence-corrected chi connectivity index (χ0v) is 15.0. The molecule has 1 aliphatic rings. The van der Waals surface area contributed by atoms with Gasteiger partial charge in [0.25, 0.3) is 0 Å². The quantitative estimate of drug-likeness (QED) is 0.413. The number of hydrogen-bond acceptors (Lipinski definition) is 3. The van der Waals surface area contributed by atoms with Crippen molar-refractivity contribution in [2.24, 2.45) is 0 Å². The van der Waals surface area contributed by atoms with E-state index in [1.807, 2.05) is 0 Å². The number of hydrogen-bond donors (Lipinski definition) is 1. The van der Waals surface area contributed by atoms with Crippen LogP contribution < -0.4 is 4.90 Å². The first-order valence-corrected chi connectivity index (χ1v) is 9.49. The van der Waals surface area contributed by atoms with Crippen LogP contribution in [0, 0.1) is 0 Å². The van der Waals surface area contributed by atoms with Crippen molar-refractivity contribution in [3.8, 4) is 0 Å². The Morgan fingerprint density at radius 2 is 1.25 bits per heavy atom. The first-order valence-electron chi connectivity index (χ1n) is 7.82. The highest BCUT2D eigenvalue weighted by Crippen LogP contribution is 2.50. The molecule has 3 aromatic rings. The Kier molecular flexibility index (Phi) is 4.13. The van der Waals surface area contributed by atoms with Gasteiger partial charge in [-0.1, -0.05) is 54.6 Å². The van der Waals surface area contributed by atoms with Gasteiger partial charge in [0, 0.05) is 26.6 Å². The van der Waals surface area contributed by atoms with Crippen LogP contribution in [0.25, 0.3) is 5.57 Å². The molecule has 3 heteroatoms. The molecule has 3 aromatic carbocycles. The maximum Gasteiger partial charge on any atom is 0.0541 e. The number of fused-ring (bicyclic) bond motifs is 2. The highest BCUT2D eigenvalue weighted by atomic mass is 32.2. The maximum absolute atomic E-state index is 4.76. The summed E-state index contributed by atoms with van der Waals surface area (Å²) < 4.78 is 1.04. The summed E-state index contributed by atoms with van der Waals surface area (Å²) in [7, 11) is 0. The third kappa shape index (κ3) is 2.45. The van der Waals surface area contributed by atoms with Crippen molar-refractivity contribution in [2.75, 3.05) is 11.2 Å². The molecular weight excluding hydrogens is 330 g/mol. The van der Waals surface area contributed by atoms with E-state index in [0.717, 1.165) is 4.24 Å². The lowest BCUT2D eigenvalue weighted by molar-refractivity contribution is 1.24. The predicted octanol–water partition coefficient (Wildman–Crippen LogP) is 6.48. The van der Waals surface area contributed by atoms with Crippen LogP contribution in [0.5, 0.6) is 0 Å². The zero-order chi connectivity index (χ0) is 16.5. The second-order valence-corrected chi connectivity index (χ2v) is 7.16. The molecule has 0 fully saturated rings. The topological polar surface area (TPSA) is 3.24 Å². The Morgan fingerprint density at radius 3 is 1.79 bits per heavy atom. The van der Waals surface area contributed by atoms with Gasteiger partial charge in [0.15, 0.2) is 0 Å². The summed E-state index contributed by atoms with van der Waals surface area (Å²) in [6, 6.07) is 27.6. The van der Waals surface area contributed by atoms with Gasteiger partial charge in [0.1, 0.15) is 0 Å². The Hall–Kier alpha value is -2.10. The zero-order valence-electron chi connectivity index (χ0n) is 13.3. The second kappa shape index (κ2) is 6.42. The van der Waals surface area contributed by atoms with Crippen molar-refractivity contribution in [1.82, 2.24) is 0 Å². The van der Waals surface area contributed by atoms with E-state index in [1.54, 1.807) is 11.8 Å². The van der Waals surface area contributed by atoms with Gasteiger partial charge in [-0.3, -0.25) is 0 Å². The van der Waals surface area contributed by atoms with Crippen LogP contribution in [-0.4, -0.2) is 6.26 Å². The third-order valence-electron chi connectivity index (χ3n) is 4.25. The van der Waals surface area contributed by atoms with Gasteiger partial charge in [-0.05, 0) is 30.5 Å². The highest BCUT2D eigenvalue weighted by Gasteiger charge is 2.28. The maximum atomic E-state index is 4.76. The average molecular weight is 348 g/mol. The molecule has 0 aromatic heterocycles. The largest absolute Gasteiger partial charge is 0.309 e. The molecule has 118 valence electrons. The number of rotatable bonds is 2. The van der Waals surface area contributed by atoms with E-state index in [-0.39, 0.29) is 0 Å². The molecule has 0 radical (unpaired) electrons. The number of thioether (sulfide) groups is 1. The van der Waals surface area contributed by atoms with Gasteiger partial charge in [0.05, 0.1) is 11.4 Å². The molecule has 4 rings (SSSR count). The summed E-state index contributed by atoms with van der Waals surface area (Å²) >= 11 is 6.44. The van der Waals surface area contributed by atoms with Crippen molar-refractivity contribution >= 4 is 47.0 Å². The minimum Gasteiger partial charge on any atom is -0.309 e. The van der Waals surface area contributed by atoms with Crippen molar-refractivity contribution in [3.05, 3.63) is 94.2 Å². The Bertz CT molecular complexity index is 866. The van der Waals surface area contributed by atoms with Crippen LogP contribution in [0.1, 0.15) is 11.1 Å². The molecule has 0 N–H and O–H groups in total. The molecule has 1 aliphatic heterocycles. The Morgan fingerprint density at radius 1 is 0.750 bits per heavy atom. The first-order chi connectivity index (χ1) is 11.8. The first kappa shape index (κ1) is 15.4. The lowest BCUT2D eigenvalue weighted by atomic mass is 9.91.